The Morgan fingerprint density at radius 3 is 3.06 bits per heavy atom. The van der Waals surface area contributed by atoms with Crippen molar-refractivity contribution in [2.45, 2.75) is 31.6 Å². The normalized spacial score (nSPS) is 26.9. The van der Waals surface area contributed by atoms with Crippen LogP contribution in [-0.2, 0) is 6.54 Å². The number of alkyl halides is 1. The molecule has 1 fully saturated rings. The lowest BCUT2D eigenvalue weighted by Crippen LogP contribution is -2.39. The standard InChI is InChI=1S/C13H19BrN2/c1-10-4-3-6-15-13(10)9-16-7-5-12(14)11(2)8-16/h3-4,6,11-12H,5,7-9H2,1-2H3. The Hall–Kier alpha value is -0.410. The highest BCUT2D eigenvalue weighted by Crippen LogP contribution is 2.24. The summed E-state index contributed by atoms with van der Waals surface area (Å²) in [6.45, 7) is 7.80. The summed E-state index contributed by atoms with van der Waals surface area (Å²) in [6.07, 6.45) is 3.13. The number of aryl methyl sites for hydroxylation is 1. The molecule has 1 aliphatic heterocycles. The summed E-state index contributed by atoms with van der Waals surface area (Å²) < 4.78 is 0. The van der Waals surface area contributed by atoms with Crippen LogP contribution in [0.5, 0.6) is 0 Å². The van der Waals surface area contributed by atoms with Gasteiger partial charge in [-0.2, -0.15) is 0 Å². The lowest BCUT2D eigenvalue weighted by atomic mass is 10.00. The predicted molar refractivity (Wildman–Crippen MR) is 70.7 cm³/mol. The fraction of sp³-hybridized carbons (Fsp3) is 0.615. The quantitative estimate of drug-likeness (QED) is 0.776. The number of aromatic nitrogens is 1. The third kappa shape index (κ3) is 2.83. The highest BCUT2D eigenvalue weighted by molar-refractivity contribution is 9.09. The van der Waals surface area contributed by atoms with Crippen molar-refractivity contribution in [1.82, 2.24) is 9.88 Å². The minimum Gasteiger partial charge on any atom is -0.297 e. The first-order chi connectivity index (χ1) is 7.66. The number of likely N-dealkylation sites (tertiary alicyclic amines) is 1. The highest BCUT2D eigenvalue weighted by atomic mass is 79.9. The van der Waals surface area contributed by atoms with Crippen molar-refractivity contribution in [2.24, 2.45) is 5.92 Å². The molecule has 2 atom stereocenters. The van der Waals surface area contributed by atoms with Gasteiger partial charge in [0.2, 0.25) is 0 Å². The van der Waals surface area contributed by atoms with Gasteiger partial charge in [0.25, 0.3) is 0 Å². The van der Waals surface area contributed by atoms with E-state index in [1.54, 1.807) is 0 Å². The Morgan fingerprint density at radius 1 is 1.56 bits per heavy atom. The molecule has 0 bridgehead atoms. The Balaban J connectivity index is 1.98. The van der Waals surface area contributed by atoms with E-state index in [0.29, 0.717) is 4.83 Å². The third-order valence-corrected chi connectivity index (χ3v) is 4.74. The van der Waals surface area contributed by atoms with Gasteiger partial charge < -0.3 is 0 Å². The maximum Gasteiger partial charge on any atom is 0.0573 e. The van der Waals surface area contributed by atoms with Gasteiger partial charge in [-0.25, -0.2) is 0 Å². The van der Waals surface area contributed by atoms with E-state index < -0.39 is 0 Å². The minimum absolute atomic E-state index is 0.688. The first kappa shape index (κ1) is 12.1. The van der Waals surface area contributed by atoms with Gasteiger partial charge in [0.05, 0.1) is 5.69 Å². The minimum atomic E-state index is 0.688. The number of hydrogen-bond acceptors (Lipinski definition) is 2. The van der Waals surface area contributed by atoms with E-state index in [0.717, 1.165) is 12.5 Å². The van der Waals surface area contributed by atoms with E-state index in [-0.39, 0.29) is 0 Å². The zero-order valence-corrected chi connectivity index (χ0v) is 11.6. The number of piperidine rings is 1. The molecule has 2 heterocycles. The van der Waals surface area contributed by atoms with Gasteiger partial charge in [0.15, 0.2) is 0 Å². The van der Waals surface area contributed by atoms with Crippen LogP contribution in [0.4, 0.5) is 0 Å². The maximum atomic E-state index is 4.46. The molecule has 16 heavy (non-hydrogen) atoms. The molecule has 0 aromatic carbocycles. The van der Waals surface area contributed by atoms with Gasteiger partial charge >= 0.3 is 0 Å². The number of nitrogens with zero attached hydrogens (tertiary/aromatic N) is 2. The Morgan fingerprint density at radius 2 is 2.38 bits per heavy atom. The summed E-state index contributed by atoms with van der Waals surface area (Å²) in [5.74, 6) is 0.734. The van der Waals surface area contributed by atoms with E-state index in [4.69, 9.17) is 0 Å². The molecule has 0 amide bonds. The van der Waals surface area contributed by atoms with Gasteiger partial charge in [-0.1, -0.05) is 28.9 Å². The zero-order valence-electron chi connectivity index (χ0n) is 9.99. The second kappa shape index (κ2) is 5.28. The molecular formula is C13H19BrN2. The molecular weight excluding hydrogens is 264 g/mol. The number of rotatable bonds is 2. The van der Waals surface area contributed by atoms with Crippen molar-refractivity contribution in [3.8, 4) is 0 Å². The van der Waals surface area contributed by atoms with Crippen molar-refractivity contribution >= 4 is 15.9 Å². The van der Waals surface area contributed by atoms with E-state index in [9.17, 15) is 0 Å². The Labute approximate surface area is 106 Å². The maximum absolute atomic E-state index is 4.46. The summed E-state index contributed by atoms with van der Waals surface area (Å²) in [4.78, 5) is 7.66. The lowest BCUT2D eigenvalue weighted by molar-refractivity contribution is 0.181. The molecule has 88 valence electrons. The molecule has 0 radical (unpaired) electrons. The van der Waals surface area contributed by atoms with Gasteiger partial charge in [-0.05, 0) is 37.4 Å². The summed E-state index contributed by atoms with van der Waals surface area (Å²) in [5.41, 5.74) is 2.53. The summed E-state index contributed by atoms with van der Waals surface area (Å²) in [6, 6.07) is 4.15. The van der Waals surface area contributed by atoms with E-state index in [2.05, 4.69) is 45.7 Å². The smallest absolute Gasteiger partial charge is 0.0573 e. The topological polar surface area (TPSA) is 16.1 Å². The average Bonchev–Trinajstić information content (AvgIpc) is 2.27. The summed E-state index contributed by atoms with van der Waals surface area (Å²) in [7, 11) is 0. The molecule has 0 spiro atoms. The zero-order chi connectivity index (χ0) is 11.5. The van der Waals surface area contributed by atoms with Crippen LogP contribution in [0.3, 0.4) is 0 Å². The lowest BCUT2D eigenvalue weighted by Gasteiger charge is -2.34. The van der Waals surface area contributed by atoms with Gasteiger partial charge in [0.1, 0.15) is 0 Å². The van der Waals surface area contributed by atoms with Crippen LogP contribution in [0.25, 0.3) is 0 Å². The summed E-state index contributed by atoms with van der Waals surface area (Å²) >= 11 is 3.74. The van der Waals surface area contributed by atoms with Crippen molar-refractivity contribution in [2.75, 3.05) is 13.1 Å². The number of pyridine rings is 1. The molecule has 1 aromatic rings. The fourth-order valence-electron chi connectivity index (χ4n) is 2.24. The molecule has 1 aliphatic rings. The van der Waals surface area contributed by atoms with Crippen LogP contribution < -0.4 is 0 Å². The first-order valence-corrected chi connectivity index (χ1v) is 6.85. The molecule has 3 heteroatoms. The number of halogens is 1. The van der Waals surface area contributed by atoms with E-state index >= 15 is 0 Å². The fourth-order valence-corrected chi connectivity index (χ4v) is 2.61. The molecule has 0 aliphatic carbocycles. The predicted octanol–water partition coefficient (Wildman–Crippen LogP) is 3.00. The highest BCUT2D eigenvalue weighted by Gasteiger charge is 2.24. The second-order valence-electron chi connectivity index (χ2n) is 4.78. The van der Waals surface area contributed by atoms with Crippen LogP contribution in [0.1, 0.15) is 24.6 Å². The van der Waals surface area contributed by atoms with Crippen molar-refractivity contribution in [3.05, 3.63) is 29.6 Å². The molecule has 2 nitrogen and oxygen atoms in total. The van der Waals surface area contributed by atoms with Crippen LogP contribution in [0.2, 0.25) is 0 Å². The monoisotopic (exact) mass is 282 g/mol. The Kier molecular flexibility index (Phi) is 3.98. The van der Waals surface area contributed by atoms with Crippen molar-refractivity contribution < 1.29 is 0 Å². The van der Waals surface area contributed by atoms with Gasteiger partial charge in [-0.3, -0.25) is 9.88 Å². The molecule has 1 aromatic heterocycles. The van der Waals surface area contributed by atoms with Crippen LogP contribution in [0.15, 0.2) is 18.3 Å². The average molecular weight is 283 g/mol. The first-order valence-electron chi connectivity index (χ1n) is 5.93. The van der Waals surface area contributed by atoms with Crippen molar-refractivity contribution in [1.29, 1.82) is 0 Å². The molecule has 0 saturated carbocycles. The SMILES string of the molecule is Cc1cccnc1CN1CCC(Br)C(C)C1. The second-order valence-corrected chi connectivity index (χ2v) is 5.96. The number of hydrogen-bond donors (Lipinski definition) is 0. The van der Waals surface area contributed by atoms with E-state index in [1.807, 2.05) is 12.3 Å². The van der Waals surface area contributed by atoms with Crippen LogP contribution >= 0.6 is 15.9 Å². The van der Waals surface area contributed by atoms with Gasteiger partial charge in [0, 0.05) is 24.1 Å². The van der Waals surface area contributed by atoms with E-state index in [1.165, 1.54) is 30.8 Å². The Bertz CT molecular complexity index is 354. The molecule has 2 unspecified atom stereocenters. The van der Waals surface area contributed by atoms with Crippen LogP contribution in [0, 0.1) is 12.8 Å². The van der Waals surface area contributed by atoms with Crippen LogP contribution in [-0.4, -0.2) is 27.8 Å². The molecule has 2 rings (SSSR count). The van der Waals surface area contributed by atoms with Crippen molar-refractivity contribution in [3.63, 3.8) is 0 Å². The molecule has 1 saturated heterocycles. The summed E-state index contributed by atoms with van der Waals surface area (Å²) in [5, 5.41) is 0. The third-order valence-electron chi connectivity index (χ3n) is 3.38. The van der Waals surface area contributed by atoms with Gasteiger partial charge in [-0.15, -0.1) is 0 Å². The molecule has 0 N–H and O–H groups in total. The largest absolute Gasteiger partial charge is 0.297 e.